The minimum Gasteiger partial charge on any atom is -0.493 e. The summed E-state index contributed by atoms with van der Waals surface area (Å²) in [6.45, 7) is 0.469. The number of methoxy groups -OCH3 is 7. The molecule has 1 aliphatic rings. The van der Waals surface area contributed by atoms with Crippen LogP contribution >= 0.6 is 0 Å². The fraction of sp³-hybridized carbons (Fsp3) is 0.345. The summed E-state index contributed by atoms with van der Waals surface area (Å²) in [5, 5.41) is 0. The number of nitrogens with zero attached hydrogens (tertiary/aromatic N) is 1. The Morgan fingerprint density at radius 3 is 1.76 bits per heavy atom. The quantitative estimate of drug-likeness (QED) is 0.404. The van der Waals surface area contributed by atoms with Gasteiger partial charge in [-0.1, -0.05) is 6.07 Å². The highest BCUT2D eigenvalue weighted by Crippen LogP contribution is 2.44. The molecule has 0 aromatic heterocycles. The van der Waals surface area contributed by atoms with Gasteiger partial charge in [0.15, 0.2) is 34.5 Å². The Kier molecular flexibility index (Phi) is 8.05. The Balaban J connectivity index is 1.90. The molecule has 1 aliphatic heterocycles. The van der Waals surface area contributed by atoms with E-state index in [-0.39, 0.29) is 5.91 Å². The number of fused-ring (bicyclic) bond motifs is 1. The van der Waals surface area contributed by atoms with Crippen molar-refractivity contribution in [1.29, 1.82) is 0 Å². The number of carbonyl (C=O) groups excluding carboxylic acids is 1. The lowest BCUT2D eigenvalue weighted by molar-refractivity contribution is 0.0693. The third kappa shape index (κ3) is 4.71. The summed E-state index contributed by atoms with van der Waals surface area (Å²) in [6, 6.07) is 12.5. The molecule has 0 radical (unpaired) electrons. The second-order valence-corrected chi connectivity index (χ2v) is 8.59. The van der Waals surface area contributed by atoms with Crippen LogP contribution in [0.5, 0.6) is 40.2 Å². The zero-order valence-electron chi connectivity index (χ0n) is 22.7. The lowest BCUT2D eigenvalue weighted by atomic mass is 9.87. The molecule has 202 valence electrons. The van der Waals surface area contributed by atoms with E-state index in [0.717, 1.165) is 16.7 Å². The Hall–Kier alpha value is -4.27. The highest BCUT2D eigenvalue weighted by Gasteiger charge is 2.35. The monoisotopic (exact) mass is 523 g/mol. The molecule has 1 heterocycles. The van der Waals surface area contributed by atoms with Gasteiger partial charge in [-0.15, -0.1) is 0 Å². The number of amides is 1. The zero-order valence-corrected chi connectivity index (χ0v) is 22.7. The summed E-state index contributed by atoms with van der Waals surface area (Å²) >= 11 is 0. The van der Waals surface area contributed by atoms with Crippen LogP contribution in [0.25, 0.3) is 0 Å². The third-order valence-corrected chi connectivity index (χ3v) is 6.77. The van der Waals surface area contributed by atoms with Crippen LogP contribution in [0, 0.1) is 0 Å². The van der Waals surface area contributed by atoms with Crippen LogP contribution in [-0.2, 0) is 6.42 Å². The summed E-state index contributed by atoms with van der Waals surface area (Å²) in [6.07, 6.45) is 0.635. The SMILES string of the molecule is COc1ccc([C@@H]2c3cc(OC)c(OC)cc3CCN2C(=O)c2cc(OC)c(OC)c(OC)c2)cc1OC. The number of ether oxygens (including phenoxy) is 7. The van der Waals surface area contributed by atoms with Crippen molar-refractivity contribution in [1.82, 2.24) is 4.90 Å². The number of rotatable bonds is 9. The van der Waals surface area contributed by atoms with Crippen LogP contribution in [0.3, 0.4) is 0 Å². The lowest BCUT2D eigenvalue weighted by Gasteiger charge is -2.38. The zero-order chi connectivity index (χ0) is 27.4. The van der Waals surface area contributed by atoms with Crippen molar-refractivity contribution in [3.8, 4) is 40.2 Å². The number of hydrogen-bond donors (Lipinski definition) is 0. The maximum atomic E-state index is 14.1. The molecule has 0 saturated heterocycles. The molecule has 9 heteroatoms. The molecule has 4 rings (SSSR count). The van der Waals surface area contributed by atoms with E-state index in [0.29, 0.717) is 58.8 Å². The molecule has 0 saturated carbocycles. The second-order valence-electron chi connectivity index (χ2n) is 8.59. The highest BCUT2D eigenvalue weighted by molar-refractivity contribution is 5.96. The minimum atomic E-state index is -0.440. The third-order valence-electron chi connectivity index (χ3n) is 6.77. The molecule has 38 heavy (non-hydrogen) atoms. The molecule has 1 atom stereocenters. The van der Waals surface area contributed by atoms with Crippen molar-refractivity contribution in [2.45, 2.75) is 12.5 Å². The van der Waals surface area contributed by atoms with Crippen LogP contribution in [0.15, 0.2) is 42.5 Å². The first-order valence-electron chi connectivity index (χ1n) is 12.0. The van der Waals surface area contributed by atoms with Gasteiger partial charge in [0.1, 0.15) is 0 Å². The van der Waals surface area contributed by atoms with Crippen molar-refractivity contribution < 1.29 is 38.0 Å². The molecular formula is C29H33NO8. The van der Waals surface area contributed by atoms with Crippen molar-refractivity contribution in [2.75, 3.05) is 56.3 Å². The average molecular weight is 524 g/mol. The average Bonchev–Trinajstić information content (AvgIpc) is 2.97. The van der Waals surface area contributed by atoms with Gasteiger partial charge in [-0.2, -0.15) is 0 Å². The molecule has 0 aliphatic carbocycles. The fourth-order valence-electron chi connectivity index (χ4n) is 4.92. The Labute approximate surface area is 222 Å². The minimum absolute atomic E-state index is 0.190. The van der Waals surface area contributed by atoms with Gasteiger partial charge in [-0.05, 0) is 59.5 Å². The van der Waals surface area contributed by atoms with Crippen LogP contribution in [-0.4, -0.2) is 67.1 Å². The van der Waals surface area contributed by atoms with Gasteiger partial charge in [-0.25, -0.2) is 0 Å². The van der Waals surface area contributed by atoms with Gasteiger partial charge < -0.3 is 38.1 Å². The highest BCUT2D eigenvalue weighted by atomic mass is 16.5. The lowest BCUT2D eigenvalue weighted by Crippen LogP contribution is -2.40. The molecule has 1 amide bonds. The first-order valence-corrected chi connectivity index (χ1v) is 12.0. The molecular weight excluding hydrogens is 490 g/mol. The smallest absolute Gasteiger partial charge is 0.254 e. The van der Waals surface area contributed by atoms with E-state index in [1.165, 1.54) is 21.3 Å². The Bertz CT molecular complexity index is 1300. The van der Waals surface area contributed by atoms with Crippen molar-refractivity contribution in [2.24, 2.45) is 0 Å². The second kappa shape index (κ2) is 11.4. The maximum Gasteiger partial charge on any atom is 0.254 e. The Morgan fingerprint density at radius 2 is 1.21 bits per heavy atom. The first-order chi connectivity index (χ1) is 18.4. The largest absolute Gasteiger partial charge is 0.493 e. The Morgan fingerprint density at radius 1 is 0.658 bits per heavy atom. The van der Waals surface area contributed by atoms with Crippen LogP contribution in [0.4, 0.5) is 0 Å². The normalized spacial score (nSPS) is 14.3. The predicted molar refractivity (Wildman–Crippen MR) is 142 cm³/mol. The maximum absolute atomic E-state index is 14.1. The fourth-order valence-corrected chi connectivity index (χ4v) is 4.92. The molecule has 0 N–H and O–H groups in total. The number of hydrogen-bond acceptors (Lipinski definition) is 8. The molecule has 0 spiro atoms. The summed E-state index contributed by atoms with van der Waals surface area (Å²) in [7, 11) is 11.0. The molecule has 9 nitrogen and oxygen atoms in total. The van der Waals surface area contributed by atoms with Crippen molar-refractivity contribution in [3.05, 3.63) is 64.7 Å². The molecule has 0 bridgehead atoms. The number of carbonyl (C=O) groups is 1. The van der Waals surface area contributed by atoms with E-state index in [1.807, 2.05) is 35.2 Å². The first kappa shape index (κ1) is 26.8. The van der Waals surface area contributed by atoms with E-state index >= 15 is 0 Å². The van der Waals surface area contributed by atoms with E-state index < -0.39 is 6.04 Å². The van der Waals surface area contributed by atoms with Crippen molar-refractivity contribution in [3.63, 3.8) is 0 Å². The van der Waals surface area contributed by atoms with E-state index in [9.17, 15) is 4.79 Å². The van der Waals surface area contributed by atoms with Gasteiger partial charge in [0.05, 0.1) is 55.8 Å². The van der Waals surface area contributed by atoms with Gasteiger partial charge in [-0.3, -0.25) is 4.79 Å². The van der Waals surface area contributed by atoms with Crippen LogP contribution in [0.2, 0.25) is 0 Å². The molecule has 0 fully saturated rings. The summed E-state index contributed by atoms with van der Waals surface area (Å²) in [5.74, 6) is 3.43. The van der Waals surface area contributed by atoms with Crippen LogP contribution < -0.4 is 33.2 Å². The van der Waals surface area contributed by atoms with Gasteiger partial charge in [0, 0.05) is 12.1 Å². The standard InChI is InChI=1S/C29H33NO8/c1-32-21-9-8-18(13-22(21)33-2)27-20-16-24(35-4)23(34-3)12-17(20)10-11-30(27)29(31)19-14-25(36-5)28(38-7)26(15-19)37-6/h8-9,12-16,27H,10-11H2,1-7H3/t27-/m1/s1. The van der Waals surface area contributed by atoms with Gasteiger partial charge in [0.2, 0.25) is 5.75 Å². The molecule has 3 aromatic carbocycles. The predicted octanol–water partition coefficient (Wildman–Crippen LogP) is 4.53. The summed E-state index contributed by atoms with van der Waals surface area (Å²) in [5.41, 5.74) is 3.27. The van der Waals surface area contributed by atoms with Crippen LogP contribution in [0.1, 0.15) is 33.1 Å². The van der Waals surface area contributed by atoms with E-state index in [1.54, 1.807) is 40.6 Å². The summed E-state index contributed by atoms with van der Waals surface area (Å²) < 4.78 is 38.6. The van der Waals surface area contributed by atoms with E-state index in [4.69, 9.17) is 33.2 Å². The van der Waals surface area contributed by atoms with E-state index in [2.05, 4.69) is 0 Å². The topological polar surface area (TPSA) is 84.9 Å². The van der Waals surface area contributed by atoms with Crippen molar-refractivity contribution >= 4 is 5.91 Å². The summed E-state index contributed by atoms with van der Waals surface area (Å²) in [4.78, 5) is 16.0. The van der Waals surface area contributed by atoms with Gasteiger partial charge >= 0.3 is 0 Å². The molecule has 3 aromatic rings. The number of benzene rings is 3. The molecule has 0 unspecified atom stereocenters. The van der Waals surface area contributed by atoms with Gasteiger partial charge in [0.25, 0.3) is 5.91 Å².